The average Bonchev–Trinajstić information content (AvgIpc) is 3.07. The molecule has 0 amide bonds. The number of hydrogen-bond donors (Lipinski definition) is 0. The molecular weight excluding hydrogens is 384 g/mol. The van der Waals surface area contributed by atoms with Crippen molar-refractivity contribution in [1.82, 2.24) is 18.7 Å². The topological polar surface area (TPSA) is 87.6 Å². The first-order valence-electron chi connectivity index (χ1n) is 9.69. The van der Waals surface area contributed by atoms with Gasteiger partial charge in [-0.2, -0.15) is 0 Å². The van der Waals surface area contributed by atoms with Gasteiger partial charge in [-0.15, -0.1) is 5.10 Å². The standard InChI is InChI=1S/C22H22N4O4/c1-14(2)12-24-20(28)17-6-4-5-7-18(17)26-21(24)23-25(22(26)29)13-19(27)15-8-10-16(30-3)11-9-15/h4-11,14H,12-13H2,1-3H3. The Labute approximate surface area is 171 Å². The maximum Gasteiger partial charge on any atom is 0.352 e. The van der Waals surface area contributed by atoms with Crippen molar-refractivity contribution in [3.63, 3.8) is 0 Å². The van der Waals surface area contributed by atoms with Crippen LogP contribution in [0.2, 0.25) is 0 Å². The van der Waals surface area contributed by atoms with Gasteiger partial charge < -0.3 is 4.74 Å². The Kier molecular flexibility index (Phi) is 4.99. The van der Waals surface area contributed by atoms with Crippen LogP contribution in [-0.2, 0) is 13.1 Å². The van der Waals surface area contributed by atoms with Gasteiger partial charge in [0.15, 0.2) is 5.78 Å². The van der Waals surface area contributed by atoms with E-state index >= 15 is 0 Å². The number of Topliss-reactive ketones (excluding diaryl/α,β-unsaturated/α-hetero) is 1. The molecule has 0 radical (unpaired) electrons. The summed E-state index contributed by atoms with van der Waals surface area (Å²) < 4.78 is 9.13. The van der Waals surface area contributed by atoms with Crippen molar-refractivity contribution >= 4 is 22.5 Å². The summed E-state index contributed by atoms with van der Waals surface area (Å²) in [6, 6.07) is 13.6. The van der Waals surface area contributed by atoms with E-state index in [2.05, 4.69) is 5.10 Å². The summed E-state index contributed by atoms with van der Waals surface area (Å²) in [5.74, 6) is 0.791. The minimum Gasteiger partial charge on any atom is -0.497 e. The van der Waals surface area contributed by atoms with Crippen LogP contribution in [0.4, 0.5) is 0 Å². The van der Waals surface area contributed by atoms with Gasteiger partial charge in [0.25, 0.3) is 5.56 Å². The van der Waals surface area contributed by atoms with Crippen molar-refractivity contribution in [3.8, 4) is 5.75 Å². The molecule has 0 aliphatic carbocycles. The lowest BCUT2D eigenvalue weighted by Crippen LogP contribution is -2.28. The van der Waals surface area contributed by atoms with E-state index in [0.717, 1.165) is 4.68 Å². The monoisotopic (exact) mass is 406 g/mol. The number of carbonyl (C=O) groups is 1. The van der Waals surface area contributed by atoms with Crippen molar-refractivity contribution < 1.29 is 9.53 Å². The Morgan fingerprint density at radius 3 is 2.43 bits per heavy atom. The van der Waals surface area contributed by atoms with Crippen LogP contribution in [0.1, 0.15) is 24.2 Å². The van der Waals surface area contributed by atoms with Crippen molar-refractivity contribution in [2.24, 2.45) is 5.92 Å². The fraction of sp³-hybridized carbons (Fsp3) is 0.273. The smallest absolute Gasteiger partial charge is 0.352 e. The maximum absolute atomic E-state index is 13.1. The van der Waals surface area contributed by atoms with Gasteiger partial charge >= 0.3 is 5.69 Å². The average molecular weight is 406 g/mol. The van der Waals surface area contributed by atoms with Crippen LogP contribution in [0.25, 0.3) is 16.7 Å². The molecule has 0 fully saturated rings. The molecule has 0 saturated carbocycles. The Hall–Kier alpha value is -3.68. The number of ketones is 1. The molecule has 2 heterocycles. The van der Waals surface area contributed by atoms with Gasteiger partial charge in [-0.05, 0) is 42.3 Å². The summed E-state index contributed by atoms with van der Waals surface area (Å²) in [6.45, 7) is 4.16. The minimum atomic E-state index is -0.458. The molecule has 4 aromatic rings. The number of rotatable bonds is 6. The lowest BCUT2D eigenvalue weighted by molar-refractivity contribution is 0.0966. The number of nitrogens with zero attached hydrogens (tertiary/aromatic N) is 4. The van der Waals surface area contributed by atoms with Crippen molar-refractivity contribution in [2.75, 3.05) is 7.11 Å². The highest BCUT2D eigenvalue weighted by molar-refractivity contribution is 5.96. The van der Waals surface area contributed by atoms with Crippen LogP contribution in [0.15, 0.2) is 58.1 Å². The van der Waals surface area contributed by atoms with Crippen LogP contribution in [0, 0.1) is 5.92 Å². The number of methoxy groups -OCH3 is 1. The second-order valence-electron chi connectivity index (χ2n) is 7.55. The van der Waals surface area contributed by atoms with Crippen LogP contribution < -0.4 is 16.0 Å². The summed E-state index contributed by atoms with van der Waals surface area (Å²) in [6.07, 6.45) is 0. The van der Waals surface area contributed by atoms with E-state index in [-0.39, 0.29) is 29.6 Å². The van der Waals surface area contributed by atoms with Crippen molar-refractivity contribution in [1.29, 1.82) is 0 Å². The largest absolute Gasteiger partial charge is 0.497 e. The molecule has 8 heteroatoms. The Morgan fingerprint density at radius 2 is 1.77 bits per heavy atom. The quantitative estimate of drug-likeness (QED) is 0.459. The Bertz CT molecular complexity index is 1360. The number of carbonyl (C=O) groups excluding carboxylic acids is 1. The molecule has 154 valence electrons. The van der Waals surface area contributed by atoms with E-state index in [4.69, 9.17) is 4.74 Å². The molecule has 0 saturated heterocycles. The van der Waals surface area contributed by atoms with Crippen molar-refractivity contribution in [2.45, 2.75) is 26.9 Å². The number of ether oxygens (including phenoxy) is 1. The third-order valence-electron chi connectivity index (χ3n) is 4.94. The fourth-order valence-corrected chi connectivity index (χ4v) is 3.50. The molecule has 0 aliphatic rings. The molecule has 30 heavy (non-hydrogen) atoms. The Morgan fingerprint density at radius 1 is 1.07 bits per heavy atom. The number of benzene rings is 2. The van der Waals surface area contributed by atoms with Gasteiger partial charge in [-0.1, -0.05) is 26.0 Å². The van der Waals surface area contributed by atoms with Crippen LogP contribution >= 0.6 is 0 Å². The van der Waals surface area contributed by atoms with Crippen LogP contribution in [0.3, 0.4) is 0 Å². The molecule has 0 N–H and O–H groups in total. The second kappa shape index (κ2) is 7.62. The van der Waals surface area contributed by atoms with Gasteiger partial charge in [0.2, 0.25) is 5.78 Å². The van der Waals surface area contributed by atoms with E-state index in [1.54, 1.807) is 55.6 Å². The first-order valence-corrected chi connectivity index (χ1v) is 9.69. The predicted molar refractivity (Wildman–Crippen MR) is 113 cm³/mol. The first kappa shape index (κ1) is 19.6. The number of fused-ring (bicyclic) bond motifs is 3. The zero-order valence-corrected chi connectivity index (χ0v) is 17.0. The summed E-state index contributed by atoms with van der Waals surface area (Å²) in [5.41, 5.74) is 0.265. The molecule has 0 aliphatic heterocycles. The van der Waals surface area contributed by atoms with Gasteiger partial charge in [0, 0.05) is 12.1 Å². The fourth-order valence-electron chi connectivity index (χ4n) is 3.50. The van der Waals surface area contributed by atoms with Crippen LogP contribution in [-0.4, -0.2) is 31.6 Å². The maximum atomic E-state index is 13.1. The highest BCUT2D eigenvalue weighted by atomic mass is 16.5. The Balaban J connectivity index is 1.86. The normalized spacial score (nSPS) is 11.5. The summed E-state index contributed by atoms with van der Waals surface area (Å²) in [7, 11) is 1.55. The molecule has 0 bridgehead atoms. The van der Waals surface area contributed by atoms with Gasteiger partial charge in [0.05, 0.1) is 18.0 Å². The predicted octanol–water partition coefficient (Wildman–Crippen LogP) is 2.36. The van der Waals surface area contributed by atoms with Gasteiger partial charge in [0.1, 0.15) is 12.3 Å². The highest BCUT2D eigenvalue weighted by Gasteiger charge is 2.19. The molecule has 4 rings (SSSR count). The third-order valence-corrected chi connectivity index (χ3v) is 4.94. The zero-order chi connectivity index (χ0) is 21.4. The zero-order valence-electron chi connectivity index (χ0n) is 17.0. The number of hydrogen-bond acceptors (Lipinski definition) is 5. The summed E-state index contributed by atoms with van der Waals surface area (Å²) >= 11 is 0. The summed E-state index contributed by atoms with van der Waals surface area (Å²) in [5, 5.41) is 4.80. The van der Waals surface area contributed by atoms with E-state index in [9.17, 15) is 14.4 Å². The molecule has 2 aromatic carbocycles. The van der Waals surface area contributed by atoms with E-state index < -0.39 is 5.69 Å². The minimum absolute atomic E-state index is 0.175. The molecule has 0 unspecified atom stereocenters. The lowest BCUT2D eigenvalue weighted by Gasteiger charge is -2.11. The lowest BCUT2D eigenvalue weighted by atomic mass is 10.1. The number of para-hydroxylation sites is 1. The third kappa shape index (κ3) is 3.30. The molecule has 8 nitrogen and oxygen atoms in total. The first-order chi connectivity index (χ1) is 14.4. The molecular formula is C22H22N4O4. The van der Waals surface area contributed by atoms with Gasteiger partial charge in [-0.25, -0.2) is 13.9 Å². The molecule has 2 aromatic heterocycles. The van der Waals surface area contributed by atoms with E-state index in [1.807, 2.05) is 13.8 Å². The summed E-state index contributed by atoms with van der Waals surface area (Å²) in [4.78, 5) is 38.9. The van der Waals surface area contributed by atoms with E-state index in [0.29, 0.717) is 28.8 Å². The SMILES string of the molecule is COc1ccc(C(=O)Cn2nc3n(CC(C)C)c(=O)c4ccccc4n3c2=O)cc1. The van der Waals surface area contributed by atoms with E-state index in [1.165, 1.54) is 8.97 Å². The van der Waals surface area contributed by atoms with Crippen LogP contribution in [0.5, 0.6) is 5.75 Å². The molecule has 0 spiro atoms. The highest BCUT2D eigenvalue weighted by Crippen LogP contribution is 2.14. The van der Waals surface area contributed by atoms with Crippen molar-refractivity contribution in [3.05, 3.63) is 74.9 Å². The molecule has 0 atom stereocenters. The van der Waals surface area contributed by atoms with Gasteiger partial charge in [-0.3, -0.25) is 14.2 Å². The second-order valence-corrected chi connectivity index (χ2v) is 7.55. The number of aromatic nitrogens is 4.